The Kier molecular flexibility index (Phi) is 4.40. The SMILES string of the molecule is C[C@H]1CO[C@H](c2cccc(Cl)c2)CN1c1ncc([N+](=O)[O-])cn1. The number of halogens is 1. The van der Waals surface area contributed by atoms with E-state index in [9.17, 15) is 10.1 Å². The second kappa shape index (κ2) is 6.47. The van der Waals surface area contributed by atoms with Crippen LogP contribution in [0.3, 0.4) is 0 Å². The maximum atomic E-state index is 10.7. The first kappa shape index (κ1) is 15.6. The summed E-state index contributed by atoms with van der Waals surface area (Å²) in [5.41, 5.74) is 0.859. The van der Waals surface area contributed by atoms with E-state index in [1.165, 1.54) is 12.4 Å². The molecule has 23 heavy (non-hydrogen) atoms. The molecule has 1 aliphatic rings. The molecule has 0 aliphatic carbocycles. The van der Waals surface area contributed by atoms with Crippen molar-refractivity contribution < 1.29 is 9.66 Å². The van der Waals surface area contributed by atoms with Gasteiger partial charge in [-0.1, -0.05) is 23.7 Å². The number of morpholine rings is 1. The van der Waals surface area contributed by atoms with E-state index in [-0.39, 0.29) is 17.8 Å². The molecule has 0 bridgehead atoms. The molecule has 1 aliphatic heterocycles. The molecule has 1 aromatic heterocycles. The molecule has 2 heterocycles. The highest BCUT2D eigenvalue weighted by molar-refractivity contribution is 6.30. The maximum absolute atomic E-state index is 10.7. The smallest absolute Gasteiger partial charge is 0.305 e. The quantitative estimate of drug-likeness (QED) is 0.634. The second-order valence-corrected chi connectivity index (χ2v) is 5.81. The van der Waals surface area contributed by atoms with Crippen LogP contribution in [0, 0.1) is 10.1 Å². The molecule has 1 saturated heterocycles. The predicted octanol–water partition coefficient (Wildman–Crippen LogP) is 3.00. The lowest BCUT2D eigenvalue weighted by Crippen LogP contribution is -2.46. The van der Waals surface area contributed by atoms with E-state index < -0.39 is 4.92 Å². The standard InChI is InChI=1S/C15H15ClN4O3/c1-10-9-23-14(11-3-2-4-12(16)5-11)8-19(10)15-17-6-13(7-18-15)20(21)22/h2-7,10,14H,8-9H2,1H3/t10-,14-/m0/s1. The Morgan fingerprint density at radius 3 is 2.78 bits per heavy atom. The number of ether oxygens (including phenoxy) is 1. The molecular weight excluding hydrogens is 320 g/mol. The number of nitro groups is 1. The molecule has 0 saturated carbocycles. The van der Waals surface area contributed by atoms with Crippen molar-refractivity contribution >= 4 is 23.2 Å². The minimum atomic E-state index is -0.513. The summed E-state index contributed by atoms with van der Waals surface area (Å²) in [7, 11) is 0. The second-order valence-electron chi connectivity index (χ2n) is 5.38. The molecule has 0 spiro atoms. The van der Waals surface area contributed by atoms with Crippen LogP contribution < -0.4 is 4.90 Å². The summed E-state index contributed by atoms with van der Waals surface area (Å²) < 4.78 is 5.88. The topological polar surface area (TPSA) is 81.4 Å². The third kappa shape index (κ3) is 3.40. The molecule has 0 N–H and O–H groups in total. The van der Waals surface area contributed by atoms with E-state index in [1.54, 1.807) is 0 Å². The van der Waals surface area contributed by atoms with Gasteiger partial charge in [0.15, 0.2) is 0 Å². The minimum Gasteiger partial charge on any atom is -0.370 e. The third-order valence-corrected chi connectivity index (χ3v) is 3.98. The van der Waals surface area contributed by atoms with Gasteiger partial charge in [-0.25, -0.2) is 9.97 Å². The van der Waals surface area contributed by atoms with E-state index in [4.69, 9.17) is 16.3 Å². The fraction of sp³-hybridized carbons (Fsp3) is 0.333. The van der Waals surface area contributed by atoms with Crippen LogP contribution >= 0.6 is 11.6 Å². The molecule has 2 aromatic rings. The van der Waals surface area contributed by atoms with Crippen molar-refractivity contribution in [3.05, 3.63) is 57.4 Å². The number of hydrogen-bond acceptors (Lipinski definition) is 6. The summed E-state index contributed by atoms with van der Waals surface area (Å²) in [5, 5.41) is 11.4. The van der Waals surface area contributed by atoms with Crippen LogP contribution in [0.25, 0.3) is 0 Å². The van der Waals surface area contributed by atoms with Crippen molar-refractivity contribution in [2.24, 2.45) is 0 Å². The molecule has 1 aromatic carbocycles. The molecule has 2 atom stereocenters. The molecule has 0 amide bonds. The summed E-state index contributed by atoms with van der Waals surface area (Å²) in [6, 6.07) is 7.60. The first-order valence-electron chi connectivity index (χ1n) is 7.14. The average Bonchev–Trinajstić information content (AvgIpc) is 2.55. The van der Waals surface area contributed by atoms with Gasteiger partial charge in [-0.05, 0) is 24.6 Å². The van der Waals surface area contributed by atoms with Crippen molar-refractivity contribution in [3.8, 4) is 0 Å². The van der Waals surface area contributed by atoms with Crippen LogP contribution in [0.15, 0.2) is 36.7 Å². The largest absolute Gasteiger partial charge is 0.370 e. The van der Waals surface area contributed by atoms with Crippen molar-refractivity contribution in [1.29, 1.82) is 0 Å². The van der Waals surface area contributed by atoms with Gasteiger partial charge in [0, 0.05) is 5.02 Å². The lowest BCUT2D eigenvalue weighted by atomic mass is 10.1. The summed E-state index contributed by atoms with van der Waals surface area (Å²) in [5.74, 6) is 0.457. The van der Waals surface area contributed by atoms with Crippen molar-refractivity contribution in [2.75, 3.05) is 18.1 Å². The first-order chi connectivity index (χ1) is 11.0. The summed E-state index contributed by atoms with van der Waals surface area (Å²) in [6.07, 6.45) is 2.29. The number of nitrogens with zero attached hydrogens (tertiary/aromatic N) is 4. The number of hydrogen-bond donors (Lipinski definition) is 0. The molecule has 7 nitrogen and oxygen atoms in total. The Morgan fingerprint density at radius 1 is 1.39 bits per heavy atom. The number of anilines is 1. The lowest BCUT2D eigenvalue weighted by Gasteiger charge is -2.38. The minimum absolute atomic E-state index is 0.0758. The van der Waals surface area contributed by atoms with Crippen molar-refractivity contribution in [2.45, 2.75) is 19.1 Å². The van der Waals surface area contributed by atoms with Crippen LogP contribution in [0.1, 0.15) is 18.6 Å². The fourth-order valence-corrected chi connectivity index (χ4v) is 2.70. The maximum Gasteiger partial charge on any atom is 0.305 e. The van der Waals surface area contributed by atoms with Crippen molar-refractivity contribution in [3.63, 3.8) is 0 Å². The van der Waals surface area contributed by atoms with E-state index in [0.717, 1.165) is 5.56 Å². The molecule has 120 valence electrons. The highest BCUT2D eigenvalue weighted by Gasteiger charge is 2.29. The van der Waals surface area contributed by atoms with Crippen LogP contribution in [0.2, 0.25) is 5.02 Å². The van der Waals surface area contributed by atoms with Crippen LogP contribution in [-0.2, 0) is 4.74 Å². The van der Waals surface area contributed by atoms with Gasteiger partial charge in [0.25, 0.3) is 0 Å². The van der Waals surface area contributed by atoms with Gasteiger partial charge in [-0.3, -0.25) is 10.1 Å². The van der Waals surface area contributed by atoms with Crippen LogP contribution in [0.4, 0.5) is 11.6 Å². The molecule has 3 rings (SSSR count). The number of rotatable bonds is 3. The Bertz CT molecular complexity index is 710. The molecule has 0 radical (unpaired) electrons. The number of benzene rings is 1. The zero-order valence-corrected chi connectivity index (χ0v) is 13.2. The van der Waals surface area contributed by atoms with Gasteiger partial charge in [0.2, 0.25) is 5.95 Å². The Hall–Kier alpha value is -2.25. The zero-order valence-electron chi connectivity index (χ0n) is 12.4. The van der Waals surface area contributed by atoms with Gasteiger partial charge in [0.1, 0.15) is 18.5 Å². The van der Waals surface area contributed by atoms with Crippen molar-refractivity contribution in [1.82, 2.24) is 9.97 Å². The van der Waals surface area contributed by atoms with E-state index >= 15 is 0 Å². The number of aromatic nitrogens is 2. The van der Waals surface area contributed by atoms with E-state index in [0.29, 0.717) is 24.1 Å². The monoisotopic (exact) mass is 334 g/mol. The average molecular weight is 335 g/mol. The highest BCUT2D eigenvalue weighted by Crippen LogP contribution is 2.28. The van der Waals surface area contributed by atoms with Gasteiger partial charge in [-0.2, -0.15) is 0 Å². The third-order valence-electron chi connectivity index (χ3n) is 3.75. The summed E-state index contributed by atoms with van der Waals surface area (Å²) in [6.45, 7) is 3.07. The zero-order chi connectivity index (χ0) is 16.4. The molecule has 8 heteroatoms. The highest BCUT2D eigenvalue weighted by atomic mass is 35.5. The predicted molar refractivity (Wildman–Crippen MR) is 85.6 cm³/mol. The van der Waals surface area contributed by atoms with Crippen LogP contribution in [0.5, 0.6) is 0 Å². The van der Waals surface area contributed by atoms with E-state index in [2.05, 4.69) is 9.97 Å². The molecular formula is C15H15ClN4O3. The summed E-state index contributed by atoms with van der Waals surface area (Å²) >= 11 is 6.04. The Labute approximate surface area is 138 Å². The summed E-state index contributed by atoms with van der Waals surface area (Å²) in [4.78, 5) is 20.4. The van der Waals surface area contributed by atoms with Gasteiger partial charge in [0.05, 0.1) is 24.1 Å². The van der Waals surface area contributed by atoms with Gasteiger partial charge < -0.3 is 9.64 Å². The lowest BCUT2D eigenvalue weighted by molar-refractivity contribution is -0.385. The first-order valence-corrected chi connectivity index (χ1v) is 7.52. The van der Waals surface area contributed by atoms with Gasteiger partial charge >= 0.3 is 5.69 Å². The molecule has 0 unspecified atom stereocenters. The van der Waals surface area contributed by atoms with Gasteiger partial charge in [-0.15, -0.1) is 0 Å². The Morgan fingerprint density at radius 2 is 2.13 bits per heavy atom. The molecule has 1 fully saturated rings. The Balaban J connectivity index is 1.82. The van der Waals surface area contributed by atoms with E-state index in [1.807, 2.05) is 36.1 Å². The fourth-order valence-electron chi connectivity index (χ4n) is 2.50. The van der Waals surface area contributed by atoms with Crippen LogP contribution in [-0.4, -0.2) is 34.1 Å². The normalized spacial score (nSPS) is 21.2.